The SMILES string of the molecule is C1=CC(OCc2ccccc2)=CC(c2c[nH]c3ncccc23)C1. The molecule has 0 fully saturated rings. The molecule has 1 atom stereocenters. The van der Waals surface area contributed by atoms with Crippen LogP contribution in [0.25, 0.3) is 11.0 Å². The van der Waals surface area contributed by atoms with E-state index >= 15 is 0 Å². The number of pyridine rings is 1. The number of rotatable bonds is 4. The van der Waals surface area contributed by atoms with Crippen molar-refractivity contribution < 1.29 is 4.74 Å². The van der Waals surface area contributed by atoms with Gasteiger partial charge >= 0.3 is 0 Å². The van der Waals surface area contributed by atoms with Crippen molar-refractivity contribution in [1.82, 2.24) is 9.97 Å². The van der Waals surface area contributed by atoms with Crippen LogP contribution < -0.4 is 0 Å². The maximum Gasteiger partial charge on any atom is 0.137 e. The molecule has 0 saturated heterocycles. The molecule has 1 aromatic carbocycles. The number of hydrogen-bond acceptors (Lipinski definition) is 2. The molecular formula is C20H18N2O. The van der Waals surface area contributed by atoms with Crippen molar-refractivity contribution in [2.24, 2.45) is 0 Å². The summed E-state index contributed by atoms with van der Waals surface area (Å²) in [7, 11) is 0. The second-order valence-electron chi connectivity index (χ2n) is 5.73. The number of H-pyrrole nitrogens is 1. The summed E-state index contributed by atoms with van der Waals surface area (Å²) in [5.41, 5.74) is 3.40. The van der Waals surface area contributed by atoms with Gasteiger partial charge in [-0.05, 0) is 41.8 Å². The molecule has 1 N–H and O–H groups in total. The highest BCUT2D eigenvalue weighted by atomic mass is 16.5. The first kappa shape index (κ1) is 13.8. The van der Waals surface area contributed by atoms with Crippen molar-refractivity contribution >= 4 is 11.0 Å². The van der Waals surface area contributed by atoms with Gasteiger partial charge in [0.15, 0.2) is 0 Å². The molecule has 2 aromatic heterocycles. The third kappa shape index (κ3) is 2.90. The van der Waals surface area contributed by atoms with E-state index in [1.807, 2.05) is 30.5 Å². The largest absolute Gasteiger partial charge is 0.489 e. The fraction of sp³-hybridized carbons (Fsp3) is 0.150. The first-order valence-electron chi connectivity index (χ1n) is 7.87. The highest BCUT2D eigenvalue weighted by Crippen LogP contribution is 2.32. The smallest absolute Gasteiger partial charge is 0.137 e. The maximum atomic E-state index is 5.96. The highest BCUT2D eigenvalue weighted by Gasteiger charge is 2.16. The summed E-state index contributed by atoms with van der Waals surface area (Å²) in [6.45, 7) is 0.596. The summed E-state index contributed by atoms with van der Waals surface area (Å²) >= 11 is 0. The molecule has 1 aliphatic rings. The maximum absolute atomic E-state index is 5.96. The molecular weight excluding hydrogens is 284 g/mol. The third-order valence-corrected chi connectivity index (χ3v) is 4.17. The molecule has 2 heterocycles. The van der Waals surface area contributed by atoms with Crippen molar-refractivity contribution in [3.05, 3.63) is 90.0 Å². The van der Waals surface area contributed by atoms with E-state index in [-0.39, 0.29) is 0 Å². The summed E-state index contributed by atoms with van der Waals surface area (Å²) in [5, 5.41) is 1.19. The lowest BCUT2D eigenvalue weighted by Gasteiger charge is -2.17. The van der Waals surface area contributed by atoms with E-state index in [2.05, 4.69) is 52.6 Å². The van der Waals surface area contributed by atoms with Crippen LogP contribution in [0.4, 0.5) is 0 Å². The molecule has 0 radical (unpaired) electrons. The molecule has 0 aliphatic heterocycles. The normalized spacial score (nSPS) is 17.2. The quantitative estimate of drug-likeness (QED) is 0.758. The van der Waals surface area contributed by atoms with Crippen molar-refractivity contribution in [3.63, 3.8) is 0 Å². The van der Waals surface area contributed by atoms with E-state index < -0.39 is 0 Å². The van der Waals surface area contributed by atoms with Crippen LogP contribution in [0.3, 0.4) is 0 Å². The van der Waals surface area contributed by atoms with Gasteiger partial charge in [-0.15, -0.1) is 0 Å². The Morgan fingerprint density at radius 1 is 1.13 bits per heavy atom. The number of aromatic amines is 1. The predicted molar refractivity (Wildman–Crippen MR) is 91.9 cm³/mol. The zero-order valence-corrected chi connectivity index (χ0v) is 12.8. The standard InChI is InChI=1S/C20H18N2O/c1-2-6-15(7-3-1)14-23-17-9-4-8-16(12-17)19-13-22-20-18(19)10-5-11-21-20/h1-7,9-13,16H,8,14H2,(H,21,22). The van der Waals surface area contributed by atoms with Gasteiger partial charge < -0.3 is 9.72 Å². The Morgan fingerprint density at radius 2 is 2.04 bits per heavy atom. The molecule has 4 rings (SSSR count). The molecule has 0 spiro atoms. The van der Waals surface area contributed by atoms with Gasteiger partial charge in [-0.2, -0.15) is 0 Å². The van der Waals surface area contributed by atoms with Gasteiger partial charge in [0.1, 0.15) is 18.0 Å². The topological polar surface area (TPSA) is 37.9 Å². The van der Waals surface area contributed by atoms with Crippen molar-refractivity contribution in [2.45, 2.75) is 18.9 Å². The lowest BCUT2D eigenvalue weighted by atomic mass is 9.92. The highest BCUT2D eigenvalue weighted by molar-refractivity contribution is 5.80. The number of nitrogens with one attached hydrogen (secondary N) is 1. The van der Waals surface area contributed by atoms with Gasteiger partial charge in [0.05, 0.1) is 0 Å². The Hall–Kier alpha value is -2.81. The lowest BCUT2D eigenvalue weighted by molar-refractivity contribution is 0.208. The molecule has 3 heteroatoms. The summed E-state index contributed by atoms with van der Waals surface area (Å²) in [6.07, 6.45) is 11.3. The van der Waals surface area contributed by atoms with Gasteiger partial charge in [0.25, 0.3) is 0 Å². The van der Waals surface area contributed by atoms with E-state index in [1.165, 1.54) is 16.5 Å². The summed E-state index contributed by atoms with van der Waals surface area (Å²) in [5.74, 6) is 1.26. The predicted octanol–water partition coefficient (Wildman–Crippen LogP) is 4.71. The van der Waals surface area contributed by atoms with Crippen LogP contribution in [0.1, 0.15) is 23.5 Å². The zero-order chi connectivity index (χ0) is 15.5. The minimum atomic E-state index is 0.323. The lowest BCUT2D eigenvalue weighted by Crippen LogP contribution is -2.01. The zero-order valence-electron chi connectivity index (χ0n) is 12.8. The molecule has 0 saturated carbocycles. The van der Waals surface area contributed by atoms with Crippen LogP contribution >= 0.6 is 0 Å². The number of hydrogen-bond donors (Lipinski definition) is 1. The number of aromatic nitrogens is 2. The number of fused-ring (bicyclic) bond motifs is 1. The minimum absolute atomic E-state index is 0.323. The molecule has 1 aliphatic carbocycles. The third-order valence-electron chi connectivity index (χ3n) is 4.17. The van der Waals surface area contributed by atoms with E-state index in [0.29, 0.717) is 12.5 Å². The second-order valence-corrected chi connectivity index (χ2v) is 5.73. The molecule has 0 amide bonds. The van der Waals surface area contributed by atoms with Gasteiger partial charge in [0, 0.05) is 23.7 Å². The second kappa shape index (κ2) is 6.13. The summed E-state index contributed by atoms with van der Waals surface area (Å²) < 4.78 is 5.96. The number of allylic oxidation sites excluding steroid dienone is 3. The number of benzene rings is 1. The van der Waals surface area contributed by atoms with E-state index in [1.54, 1.807) is 0 Å². The first-order valence-corrected chi connectivity index (χ1v) is 7.87. The van der Waals surface area contributed by atoms with Crippen molar-refractivity contribution in [2.75, 3.05) is 0 Å². The van der Waals surface area contributed by atoms with Crippen LogP contribution in [0.2, 0.25) is 0 Å². The monoisotopic (exact) mass is 302 g/mol. The van der Waals surface area contributed by atoms with Crippen molar-refractivity contribution in [3.8, 4) is 0 Å². The molecule has 114 valence electrons. The molecule has 3 nitrogen and oxygen atoms in total. The van der Waals surface area contributed by atoms with Crippen LogP contribution in [-0.4, -0.2) is 9.97 Å². The summed E-state index contributed by atoms with van der Waals surface area (Å²) in [6, 6.07) is 14.3. The van der Waals surface area contributed by atoms with E-state index in [0.717, 1.165) is 17.8 Å². The number of nitrogens with zero attached hydrogens (tertiary/aromatic N) is 1. The van der Waals surface area contributed by atoms with Crippen LogP contribution in [0.15, 0.2) is 78.8 Å². The van der Waals surface area contributed by atoms with Gasteiger partial charge in [0.2, 0.25) is 0 Å². The van der Waals surface area contributed by atoms with E-state index in [4.69, 9.17) is 4.74 Å². The fourth-order valence-corrected chi connectivity index (χ4v) is 2.99. The van der Waals surface area contributed by atoms with Crippen molar-refractivity contribution in [1.29, 1.82) is 0 Å². The Kier molecular flexibility index (Phi) is 3.68. The Labute approximate surface area is 135 Å². The fourth-order valence-electron chi connectivity index (χ4n) is 2.99. The molecule has 1 unspecified atom stereocenters. The van der Waals surface area contributed by atoms with Crippen LogP contribution in [-0.2, 0) is 11.3 Å². The van der Waals surface area contributed by atoms with Crippen LogP contribution in [0.5, 0.6) is 0 Å². The van der Waals surface area contributed by atoms with Gasteiger partial charge in [-0.3, -0.25) is 0 Å². The van der Waals surface area contributed by atoms with Gasteiger partial charge in [-0.1, -0.05) is 36.4 Å². The van der Waals surface area contributed by atoms with Gasteiger partial charge in [-0.25, -0.2) is 4.98 Å². The average Bonchev–Trinajstić information content (AvgIpc) is 3.05. The van der Waals surface area contributed by atoms with Crippen LogP contribution in [0, 0.1) is 0 Å². The minimum Gasteiger partial charge on any atom is -0.489 e. The Balaban J connectivity index is 1.54. The molecule has 0 bridgehead atoms. The molecule has 23 heavy (non-hydrogen) atoms. The number of ether oxygens (including phenoxy) is 1. The van der Waals surface area contributed by atoms with E-state index in [9.17, 15) is 0 Å². The average molecular weight is 302 g/mol. The summed E-state index contributed by atoms with van der Waals surface area (Å²) in [4.78, 5) is 7.62. The first-order chi connectivity index (χ1) is 11.4. The Morgan fingerprint density at radius 3 is 2.96 bits per heavy atom. The molecule has 3 aromatic rings. The Bertz CT molecular complexity index is 861.